The smallest absolute Gasteiger partial charge is 0.289 e. The number of para-hydroxylation sites is 1. The van der Waals surface area contributed by atoms with Crippen molar-refractivity contribution >= 4 is 40.1 Å². The predicted molar refractivity (Wildman–Crippen MR) is 134 cm³/mol. The molecule has 0 atom stereocenters. The Labute approximate surface area is 188 Å². The summed E-state index contributed by atoms with van der Waals surface area (Å²) in [4.78, 5) is 13.2. The van der Waals surface area contributed by atoms with Gasteiger partial charge >= 0.3 is 0 Å². The average Bonchev–Trinajstić information content (AvgIpc) is 3.31. The van der Waals surface area contributed by atoms with E-state index in [4.69, 9.17) is 4.42 Å². The second kappa shape index (κ2) is 8.82. The van der Waals surface area contributed by atoms with Gasteiger partial charge < -0.3 is 9.73 Å². The Kier molecular flexibility index (Phi) is 5.58. The lowest BCUT2D eigenvalue weighted by Gasteiger charge is -2.27. The van der Waals surface area contributed by atoms with Crippen LogP contribution >= 0.6 is 7.26 Å². The number of hydrogen-bond acceptors (Lipinski definition) is 2. The van der Waals surface area contributed by atoms with Crippen LogP contribution in [0.3, 0.4) is 0 Å². The van der Waals surface area contributed by atoms with Crippen molar-refractivity contribution in [3.05, 3.63) is 127 Å². The molecule has 1 aromatic heterocycles. The van der Waals surface area contributed by atoms with E-state index in [9.17, 15) is 4.79 Å². The molecule has 0 bridgehead atoms. The summed E-state index contributed by atoms with van der Waals surface area (Å²) in [5.41, 5.74) is 0.716. The van der Waals surface area contributed by atoms with Crippen molar-refractivity contribution < 1.29 is 9.21 Å². The van der Waals surface area contributed by atoms with Gasteiger partial charge in [0.05, 0.1) is 0 Å². The van der Waals surface area contributed by atoms with E-state index in [1.54, 1.807) is 6.07 Å². The highest BCUT2D eigenvalue weighted by Crippen LogP contribution is 2.54. The van der Waals surface area contributed by atoms with Crippen molar-refractivity contribution in [2.45, 2.75) is 0 Å². The second-order valence-electron chi connectivity index (χ2n) is 7.63. The largest absolute Gasteiger partial charge is 0.451 e. The van der Waals surface area contributed by atoms with Crippen molar-refractivity contribution in [2.75, 3.05) is 6.29 Å². The number of furan rings is 1. The van der Waals surface area contributed by atoms with E-state index in [0.717, 1.165) is 5.39 Å². The summed E-state index contributed by atoms with van der Waals surface area (Å²) in [6, 6.07) is 41.0. The fourth-order valence-electron chi connectivity index (χ4n) is 4.14. The summed E-state index contributed by atoms with van der Waals surface area (Å²) in [7, 11) is -2.14. The quantitative estimate of drug-likeness (QED) is 0.376. The molecule has 0 spiro atoms. The van der Waals surface area contributed by atoms with E-state index >= 15 is 0 Å². The summed E-state index contributed by atoms with van der Waals surface area (Å²) in [6.07, 6.45) is 0.501. The molecule has 5 aromatic rings. The van der Waals surface area contributed by atoms with Gasteiger partial charge in [0.15, 0.2) is 5.76 Å². The first-order valence-electron chi connectivity index (χ1n) is 10.6. The normalized spacial score (nSPS) is 11.4. The van der Waals surface area contributed by atoms with E-state index in [1.807, 2.05) is 42.5 Å². The maximum absolute atomic E-state index is 13.2. The van der Waals surface area contributed by atoms with E-state index in [2.05, 4.69) is 78.1 Å². The van der Waals surface area contributed by atoms with Gasteiger partial charge in [-0.05, 0) is 48.5 Å². The number of hydrogen-bond donors (Lipinski definition) is 1. The van der Waals surface area contributed by atoms with Crippen molar-refractivity contribution in [1.82, 2.24) is 5.32 Å². The SMILES string of the molecule is O=C(NC[P+](c1ccccc1)(c1ccccc1)c1ccccc1)c1cc2ccccc2o1. The Hall–Kier alpha value is -3.68. The molecule has 156 valence electrons. The third kappa shape index (κ3) is 3.72. The van der Waals surface area contributed by atoms with Gasteiger partial charge in [-0.3, -0.25) is 4.79 Å². The first-order chi connectivity index (χ1) is 15.8. The van der Waals surface area contributed by atoms with Gasteiger partial charge in [-0.2, -0.15) is 0 Å². The van der Waals surface area contributed by atoms with Crippen molar-refractivity contribution in [3.63, 3.8) is 0 Å². The van der Waals surface area contributed by atoms with Gasteiger partial charge in [0.25, 0.3) is 5.91 Å². The number of nitrogens with one attached hydrogen (secondary N) is 1. The minimum atomic E-state index is -2.14. The zero-order chi connectivity index (χ0) is 21.8. The minimum absolute atomic E-state index is 0.201. The fraction of sp³-hybridized carbons (Fsp3) is 0.0357. The number of benzene rings is 4. The first-order valence-corrected chi connectivity index (χ1v) is 12.6. The molecule has 0 aliphatic carbocycles. The lowest BCUT2D eigenvalue weighted by atomic mass is 10.2. The molecule has 1 amide bonds. The standard InChI is InChI=1S/C28H22NO2P/c30-28(27-20-22-12-10-11-19-26(22)31-27)29-21-32(23-13-4-1-5-14-23,24-15-6-2-7-16-24)25-17-8-3-9-18-25/h1-20H,21H2/p+1. The van der Waals surface area contributed by atoms with Gasteiger partial charge in [0, 0.05) is 5.39 Å². The molecule has 1 heterocycles. The lowest BCUT2D eigenvalue weighted by molar-refractivity contribution is 0.0935. The molecule has 4 heteroatoms. The molecule has 5 rings (SSSR count). The van der Waals surface area contributed by atoms with Crippen LogP contribution in [0.15, 0.2) is 126 Å². The maximum atomic E-state index is 13.2. The van der Waals surface area contributed by atoms with Crippen molar-refractivity contribution in [2.24, 2.45) is 0 Å². The first kappa shape index (κ1) is 20.2. The van der Waals surface area contributed by atoms with Crippen LogP contribution in [0.25, 0.3) is 11.0 Å². The average molecular weight is 436 g/mol. The van der Waals surface area contributed by atoms with Crippen LogP contribution < -0.4 is 21.2 Å². The molecule has 0 aliphatic heterocycles. The Bertz CT molecular complexity index is 1200. The van der Waals surface area contributed by atoms with E-state index < -0.39 is 7.26 Å². The van der Waals surface area contributed by atoms with Crippen molar-refractivity contribution in [1.29, 1.82) is 0 Å². The lowest BCUT2D eigenvalue weighted by Crippen LogP contribution is -2.39. The predicted octanol–water partition coefficient (Wildman–Crippen LogP) is 5.11. The van der Waals surface area contributed by atoms with Gasteiger partial charge in [0.2, 0.25) is 0 Å². The van der Waals surface area contributed by atoms with Crippen LogP contribution in [-0.2, 0) is 0 Å². The molecule has 1 N–H and O–H groups in total. The number of carbonyl (C=O) groups excluding carboxylic acids is 1. The number of fused-ring (bicyclic) bond motifs is 1. The molecule has 0 unspecified atom stereocenters. The molecular formula is C28H23NO2P+. The Morgan fingerprint density at radius 2 is 1.12 bits per heavy atom. The van der Waals surface area contributed by atoms with E-state index in [1.165, 1.54) is 15.9 Å². The third-order valence-electron chi connectivity index (χ3n) is 5.72. The zero-order valence-electron chi connectivity index (χ0n) is 17.5. The van der Waals surface area contributed by atoms with Crippen LogP contribution in [-0.4, -0.2) is 12.2 Å². The topological polar surface area (TPSA) is 42.2 Å². The van der Waals surface area contributed by atoms with Crippen LogP contribution in [0.5, 0.6) is 0 Å². The van der Waals surface area contributed by atoms with Gasteiger partial charge in [0.1, 0.15) is 35.0 Å². The highest BCUT2D eigenvalue weighted by atomic mass is 31.2. The zero-order valence-corrected chi connectivity index (χ0v) is 18.4. The maximum Gasteiger partial charge on any atom is 0.289 e. The Morgan fingerprint density at radius 3 is 1.62 bits per heavy atom. The number of carbonyl (C=O) groups is 1. The molecule has 0 fully saturated rings. The van der Waals surface area contributed by atoms with Gasteiger partial charge in [-0.1, -0.05) is 72.8 Å². The molecule has 3 nitrogen and oxygen atoms in total. The highest BCUT2D eigenvalue weighted by molar-refractivity contribution is 7.95. The van der Waals surface area contributed by atoms with E-state index in [0.29, 0.717) is 17.6 Å². The molecule has 4 aromatic carbocycles. The van der Waals surface area contributed by atoms with Crippen LogP contribution in [0.4, 0.5) is 0 Å². The third-order valence-corrected chi connectivity index (χ3v) is 9.89. The number of amides is 1. The van der Waals surface area contributed by atoms with Gasteiger partial charge in [-0.25, -0.2) is 0 Å². The minimum Gasteiger partial charge on any atom is -0.451 e. The summed E-state index contributed by atoms with van der Waals surface area (Å²) in [5.74, 6) is 0.131. The number of rotatable bonds is 6. The molecule has 0 aliphatic rings. The van der Waals surface area contributed by atoms with Crippen LogP contribution in [0.1, 0.15) is 10.6 Å². The summed E-state index contributed by atoms with van der Waals surface area (Å²) in [6.45, 7) is 0. The summed E-state index contributed by atoms with van der Waals surface area (Å²) < 4.78 is 5.81. The monoisotopic (exact) mass is 436 g/mol. The second-order valence-corrected chi connectivity index (χ2v) is 11.1. The summed E-state index contributed by atoms with van der Waals surface area (Å²) in [5, 5.41) is 7.81. The Morgan fingerprint density at radius 1 is 0.656 bits per heavy atom. The molecule has 0 radical (unpaired) electrons. The molecular weight excluding hydrogens is 413 g/mol. The summed E-state index contributed by atoms with van der Waals surface area (Å²) >= 11 is 0. The molecule has 0 saturated heterocycles. The van der Waals surface area contributed by atoms with E-state index in [-0.39, 0.29) is 5.91 Å². The van der Waals surface area contributed by atoms with Crippen LogP contribution in [0, 0.1) is 0 Å². The van der Waals surface area contributed by atoms with Crippen molar-refractivity contribution in [3.8, 4) is 0 Å². The Balaban J connectivity index is 1.58. The fourth-order valence-corrected chi connectivity index (χ4v) is 8.01. The highest BCUT2D eigenvalue weighted by Gasteiger charge is 2.45. The van der Waals surface area contributed by atoms with Gasteiger partial charge in [-0.15, -0.1) is 0 Å². The molecule has 32 heavy (non-hydrogen) atoms. The molecule has 0 saturated carbocycles. The van der Waals surface area contributed by atoms with Crippen LogP contribution in [0.2, 0.25) is 0 Å².